The first kappa shape index (κ1) is 17.6. The second-order valence-electron chi connectivity index (χ2n) is 6.84. The Bertz CT molecular complexity index is 917. The van der Waals surface area contributed by atoms with E-state index in [1.54, 1.807) is 0 Å². The predicted molar refractivity (Wildman–Crippen MR) is 108 cm³/mol. The minimum Gasteiger partial charge on any atom is -0.489 e. The summed E-state index contributed by atoms with van der Waals surface area (Å²) < 4.78 is 5.79. The van der Waals surface area contributed by atoms with Crippen molar-refractivity contribution in [1.82, 2.24) is 0 Å². The van der Waals surface area contributed by atoms with Crippen molar-refractivity contribution in [1.29, 1.82) is 0 Å². The van der Waals surface area contributed by atoms with Crippen LogP contribution in [0.3, 0.4) is 0 Å². The lowest BCUT2D eigenvalue weighted by molar-refractivity contribution is -0.118. The van der Waals surface area contributed by atoms with Gasteiger partial charge in [0.1, 0.15) is 12.4 Å². The van der Waals surface area contributed by atoms with Crippen LogP contribution in [-0.2, 0) is 16.8 Å². The largest absolute Gasteiger partial charge is 0.489 e. The van der Waals surface area contributed by atoms with Gasteiger partial charge in [0.15, 0.2) is 0 Å². The van der Waals surface area contributed by atoms with Gasteiger partial charge < -0.3 is 10.1 Å². The standard InChI is InChI=1S/C23H20ClNO2/c24-19-8-6-18(7-9-19)23(14-15-23)22(26)25-20-10-12-21(13-11-20)27-16-17-4-2-1-3-5-17/h1-13H,14-16H2,(H,25,26). The van der Waals surface area contributed by atoms with Crippen LogP contribution in [0.15, 0.2) is 78.9 Å². The quantitative estimate of drug-likeness (QED) is 0.608. The van der Waals surface area contributed by atoms with Crippen LogP contribution in [0.4, 0.5) is 5.69 Å². The molecule has 1 N–H and O–H groups in total. The van der Waals surface area contributed by atoms with E-state index in [0.29, 0.717) is 11.6 Å². The zero-order valence-electron chi connectivity index (χ0n) is 14.8. The number of carbonyl (C=O) groups excluding carboxylic acids is 1. The molecule has 3 aromatic carbocycles. The maximum Gasteiger partial charge on any atom is 0.235 e. The summed E-state index contributed by atoms with van der Waals surface area (Å²) in [4.78, 5) is 12.8. The molecule has 1 aliphatic carbocycles. The van der Waals surface area contributed by atoms with Gasteiger partial charge in [-0.3, -0.25) is 4.79 Å². The zero-order valence-corrected chi connectivity index (χ0v) is 15.6. The zero-order chi connectivity index (χ0) is 18.7. The predicted octanol–water partition coefficient (Wildman–Crippen LogP) is 5.59. The Hall–Kier alpha value is -2.78. The molecule has 0 spiro atoms. The number of nitrogens with one attached hydrogen (secondary N) is 1. The van der Waals surface area contributed by atoms with E-state index >= 15 is 0 Å². The second-order valence-corrected chi connectivity index (χ2v) is 7.28. The lowest BCUT2D eigenvalue weighted by atomic mass is 9.95. The second kappa shape index (κ2) is 7.45. The van der Waals surface area contributed by atoms with Crippen molar-refractivity contribution >= 4 is 23.2 Å². The monoisotopic (exact) mass is 377 g/mol. The highest BCUT2D eigenvalue weighted by Crippen LogP contribution is 2.49. The molecule has 1 amide bonds. The van der Waals surface area contributed by atoms with Crippen LogP contribution in [0.25, 0.3) is 0 Å². The first-order valence-corrected chi connectivity index (χ1v) is 9.38. The summed E-state index contributed by atoms with van der Waals surface area (Å²) in [5, 5.41) is 3.71. The van der Waals surface area contributed by atoms with Crippen molar-refractivity contribution < 1.29 is 9.53 Å². The minimum atomic E-state index is -0.424. The van der Waals surface area contributed by atoms with Crippen LogP contribution in [0, 0.1) is 0 Å². The Kier molecular flexibility index (Phi) is 4.87. The van der Waals surface area contributed by atoms with Crippen molar-refractivity contribution in [2.24, 2.45) is 0 Å². The van der Waals surface area contributed by atoms with E-state index in [0.717, 1.165) is 35.4 Å². The topological polar surface area (TPSA) is 38.3 Å². The van der Waals surface area contributed by atoms with Crippen molar-refractivity contribution in [3.8, 4) is 5.75 Å². The summed E-state index contributed by atoms with van der Waals surface area (Å²) in [5.41, 5.74) is 2.49. The van der Waals surface area contributed by atoms with E-state index in [1.165, 1.54) is 0 Å². The number of rotatable bonds is 6. The van der Waals surface area contributed by atoms with Gasteiger partial charge >= 0.3 is 0 Å². The number of halogens is 1. The molecule has 27 heavy (non-hydrogen) atoms. The number of hydrogen-bond donors (Lipinski definition) is 1. The third-order valence-corrected chi connectivity index (χ3v) is 5.19. The molecule has 1 aliphatic rings. The van der Waals surface area contributed by atoms with E-state index in [1.807, 2.05) is 78.9 Å². The van der Waals surface area contributed by atoms with Crippen molar-refractivity contribution in [3.63, 3.8) is 0 Å². The summed E-state index contributed by atoms with van der Waals surface area (Å²) in [6.45, 7) is 0.520. The van der Waals surface area contributed by atoms with Gasteiger partial charge in [0.2, 0.25) is 5.91 Å². The number of anilines is 1. The molecule has 3 nitrogen and oxygen atoms in total. The highest BCUT2D eigenvalue weighted by molar-refractivity contribution is 6.30. The summed E-state index contributed by atoms with van der Waals surface area (Å²) in [5.74, 6) is 0.804. The maximum absolute atomic E-state index is 12.8. The third kappa shape index (κ3) is 3.99. The molecule has 0 saturated heterocycles. The smallest absolute Gasteiger partial charge is 0.235 e. The summed E-state index contributed by atoms with van der Waals surface area (Å²) >= 11 is 5.96. The van der Waals surface area contributed by atoms with Crippen LogP contribution in [0.1, 0.15) is 24.0 Å². The summed E-state index contributed by atoms with van der Waals surface area (Å²) in [7, 11) is 0. The average Bonchev–Trinajstić information content (AvgIpc) is 3.51. The molecule has 0 aliphatic heterocycles. The Labute approximate surface area is 163 Å². The van der Waals surface area contributed by atoms with E-state index in [2.05, 4.69) is 5.32 Å². The number of hydrogen-bond acceptors (Lipinski definition) is 2. The van der Waals surface area contributed by atoms with Crippen LogP contribution in [0.2, 0.25) is 5.02 Å². The van der Waals surface area contributed by atoms with Gasteiger partial charge in [-0.1, -0.05) is 54.1 Å². The summed E-state index contributed by atoms with van der Waals surface area (Å²) in [6.07, 6.45) is 1.72. The average molecular weight is 378 g/mol. The van der Waals surface area contributed by atoms with Gasteiger partial charge in [-0.15, -0.1) is 0 Å². The van der Waals surface area contributed by atoms with Crippen molar-refractivity contribution in [2.75, 3.05) is 5.32 Å². The van der Waals surface area contributed by atoms with Crippen LogP contribution >= 0.6 is 11.6 Å². The van der Waals surface area contributed by atoms with E-state index in [4.69, 9.17) is 16.3 Å². The van der Waals surface area contributed by atoms with Gasteiger partial charge in [-0.2, -0.15) is 0 Å². The van der Waals surface area contributed by atoms with Crippen LogP contribution < -0.4 is 10.1 Å². The first-order valence-electron chi connectivity index (χ1n) is 9.00. The molecule has 0 heterocycles. The van der Waals surface area contributed by atoms with Gasteiger partial charge in [-0.05, 0) is 60.4 Å². The van der Waals surface area contributed by atoms with Gasteiger partial charge in [0.05, 0.1) is 5.41 Å². The minimum absolute atomic E-state index is 0.0303. The molecule has 0 unspecified atom stereocenters. The number of ether oxygens (including phenoxy) is 1. The number of carbonyl (C=O) groups is 1. The molecule has 3 aromatic rings. The summed E-state index contributed by atoms with van der Waals surface area (Å²) in [6, 6.07) is 25.1. The lowest BCUT2D eigenvalue weighted by Crippen LogP contribution is -2.27. The maximum atomic E-state index is 12.8. The highest BCUT2D eigenvalue weighted by Gasteiger charge is 2.51. The highest BCUT2D eigenvalue weighted by atomic mass is 35.5. The fraction of sp³-hybridized carbons (Fsp3) is 0.174. The van der Waals surface area contributed by atoms with Crippen molar-refractivity contribution in [3.05, 3.63) is 95.0 Å². The van der Waals surface area contributed by atoms with E-state index in [-0.39, 0.29) is 5.91 Å². The Morgan fingerprint density at radius 3 is 2.22 bits per heavy atom. The molecule has 0 atom stereocenters. The molecule has 0 aromatic heterocycles. The molecule has 4 heteroatoms. The molecule has 136 valence electrons. The molecule has 0 bridgehead atoms. The van der Waals surface area contributed by atoms with E-state index in [9.17, 15) is 4.79 Å². The fourth-order valence-corrected chi connectivity index (χ4v) is 3.29. The van der Waals surface area contributed by atoms with Gasteiger partial charge in [-0.25, -0.2) is 0 Å². The van der Waals surface area contributed by atoms with Gasteiger partial charge in [0, 0.05) is 10.7 Å². The normalized spacial score (nSPS) is 14.4. The number of benzene rings is 3. The van der Waals surface area contributed by atoms with Crippen LogP contribution in [0.5, 0.6) is 5.75 Å². The molecular weight excluding hydrogens is 358 g/mol. The number of amides is 1. The third-order valence-electron chi connectivity index (χ3n) is 4.94. The Morgan fingerprint density at radius 1 is 0.926 bits per heavy atom. The Morgan fingerprint density at radius 2 is 1.59 bits per heavy atom. The molecule has 0 radical (unpaired) electrons. The van der Waals surface area contributed by atoms with Crippen molar-refractivity contribution in [2.45, 2.75) is 24.9 Å². The van der Waals surface area contributed by atoms with Crippen LogP contribution in [-0.4, -0.2) is 5.91 Å². The molecule has 1 fully saturated rings. The molecule has 1 saturated carbocycles. The van der Waals surface area contributed by atoms with Gasteiger partial charge in [0.25, 0.3) is 0 Å². The molecule has 4 rings (SSSR count). The fourth-order valence-electron chi connectivity index (χ4n) is 3.17. The first-order chi connectivity index (χ1) is 13.2. The van der Waals surface area contributed by atoms with E-state index < -0.39 is 5.41 Å². The molecular formula is C23H20ClNO2. The SMILES string of the molecule is O=C(Nc1ccc(OCc2ccccc2)cc1)C1(c2ccc(Cl)cc2)CC1. The lowest BCUT2D eigenvalue weighted by Gasteiger charge is -2.16. The Balaban J connectivity index is 1.38.